The van der Waals surface area contributed by atoms with Gasteiger partial charge < -0.3 is 0 Å². The second kappa shape index (κ2) is 5.06. The third kappa shape index (κ3) is 0.901. The van der Waals surface area contributed by atoms with E-state index in [1.165, 1.54) is 80.5 Å². The zero-order valence-corrected chi connectivity index (χ0v) is 37.9. The molecule has 4 saturated carbocycles. The molecule has 2 N–H and O–H groups in total. The molecule has 12 heterocycles. The monoisotopic (exact) mass is 778 g/mol. The fourth-order valence-electron chi connectivity index (χ4n) is 32.7. The Kier molecular flexibility index (Phi) is 3.09. The molecule has 12 aliphatic heterocycles. The van der Waals surface area contributed by atoms with Crippen molar-refractivity contribution < 1.29 is 6.51 Å². The van der Waals surface area contributed by atoms with Crippen LogP contribution < -0.4 is 10.6 Å². The predicted molar refractivity (Wildman–Crippen MR) is 216 cm³/mol. The molecule has 0 amide bonds. The van der Waals surface area contributed by atoms with Gasteiger partial charge in [0.25, 0.3) is 0 Å². The van der Waals surface area contributed by atoms with E-state index in [1.807, 2.05) is 6.16 Å². The van der Waals surface area contributed by atoms with Crippen LogP contribution in [0.25, 0.3) is 0 Å². The van der Waals surface area contributed by atoms with Gasteiger partial charge >= 0.3 is 298 Å². The minimum absolute atomic E-state index is 0.0138. The maximum atomic E-state index is 4.49. The quantitative estimate of drug-likeness (QED) is 0.189. The zero-order chi connectivity index (χ0) is 33.7. The number of piperidine rings is 2. The Morgan fingerprint density at radius 1 is 0.714 bits per heavy atom. The molecule has 4 aliphatic carbocycles. The van der Waals surface area contributed by atoms with Gasteiger partial charge in [0.15, 0.2) is 0 Å². The Balaban J connectivity index is 1.04. The van der Waals surface area contributed by atoms with Crippen molar-refractivity contribution in [3.8, 4) is 0 Å². The molecule has 0 aromatic carbocycles. The summed E-state index contributed by atoms with van der Waals surface area (Å²) in [5, 5.41) is 9.92. The van der Waals surface area contributed by atoms with E-state index in [1.54, 1.807) is 32.1 Å². The summed E-state index contributed by atoms with van der Waals surface area (Å²) in [7, 11) is 1.21. The van der Waals surface area contributed by atoms with Crippen LogP contribution in [0.5, 0.6) is 0 Å². The summed E-state index contributed by atoms with van der Waals surface area (Å²) >= 11 is 0. The molecule has 0 aromatic heterocycles. The standard InChI is InChI=1S/C37H67N2P2Si2.C5H5.Fe/c1-36(2,3)41(34-27-19-25-18-26(21-27)22-28(34)20-25)24-29-30(23-31(42(4,5)6)35(29)43(7,8)9)37(40,32-14-10-12-16-38-32)33-15-11-13-17-39-33;1-2-4-5-3-1;/h23,25-28,32-34,38-39H,10-22,24,40H2,1-9H3;1-5H;. The van der Waals surface area contributed by atoms with Crippen LogP contribution in [0.15, 0.2) is 0 Å². The van der Waals surface area contributed by atoms with Gasteiger partial charge in [-0.1, -0.05) is 0 Å². The summed E-state index contributed by atoms with van der Waals surface area (Å²) in [4.78, 5) is 8.17. The van der Waals surface area contributed by atoms with Crippen molar-refractivity contribution in [3.05, 3.63) is 0 Å². The molecular weight excluding hydrogens is 706 g/mol. The molecule has 0 radical (unpaired) electrons. The van der Waals surface area contributed by atoms with Crippen molar-refractivity contribution in [3.63, 3.8) is 0 Å². The van der Waals surface area contributed by atoms with Crippen molar-refractivity contribution in [1.82, 2.24) is 10.6 Å². The minimum atomic E-state index is -4.35. The second-order valence-electron chi connectivity index (χ2n) is 27.2. The van der Waals surface area contributed by atoms with Crippen LogP contribution >= 0.6 is 17.2 Å². The molecule has 16 aliphatic rings. The third-order valence-corrected chi connectivity index (χ3v) is 96.6. The van der Waals surface area contributed by atoms with Crippen molar-refractivity contribution in [2.45, 2.75) is 204 Å². The first-order valence-electron chi connectivity index (χ1n) is 22.0. The first-order chi connectivity index (χ1) is 22.8. The summed E-state index contributed by atoms with van der Waals surface area (Å²) in [6.45, 7) is 25.0. The Labute approximate surface area is 295 Å². The zero-order valence-electron chi connectivity index (χ0n) is 32.8. The fourth-order valence-corrected chi connectivity index (χ4v) is 180. The van der Waals surface area contributed by atoms with E-state index in [0.29, 0.717) is 10.3 Å². The summed E-state index contributed by atoms with van der Waals surface area (Å²) in [5.74, 6) is 4.46. The third-order valence-electron chi connectivity index (χ3n) is 27.8. The van der Waals surface area contributed by atoms with Crippen LogP contribution in [0, 0.1) is 23.7 Å². The van der Waals surface area contributed by atoms with Crippen LogP contribution in [0.1, 0.15) is 91.4 Å². The molecule has 0 aromatic rings. The molecule has 1 spiro atoms. The van der Waals surface area contributed by atoms with Gasteiger partial charge in [0.1, 0.15) is 0 Å². The van der Waals surface area contributed by atoms with Gasteiger partial charge in [-0.3, -0.25) is 0 Å². The average molecular weight is 779 g/mol. The van der Waals surface area contributed by atoms with Crippen LogP contribution in [-0.2, 0) is 6.51 Å². The Morgan fingerprint density at radius 2 is 1.20 bits per heavy atom. The van der Waals surface area contributed by atoms with Gasteiger partial charge in [0.2, 0.25) is 0 Å². The molecule has 276 valence electrons. The molecule has 12 saturated heterocycles. The van der Waals surface area contributed by atoms with E-state index >= 15 is 0 Å². The number of fused-ring (bicyclic) bond motifs is 10. The molecular formula is C42H72FeN2P2Si2. The van der Waals surface area contributed by atoms with Crippen molar-refractivity contribution in [2.75, 3.05) is 19.3 Å². The molecule has 4 bridgehead atoms. The van der Waals surface area contributed by atoms with Gasteiger partial charge in [0.05, 0.1) is 0 Å². The van der Waals surface area contributed by atoms with Crippen molar-refractivity contribution in [2.24, 2.45) is 23.7 Å². The van der Waals surface area contributed by atoms with Crippen LogP contribution in [-0.4, -0.2) is 63.5 Å². The molecule has 7 heteroatoms. The predicted octanol–water partition coefficient (Wildman–Crippen LogP) is 11.6. The average Bonchev–Trinajstić information content (AvgIpc) is 3.98. The molecule has 16 rings (SSSR count). The maximum absolute atomic E-state index is 4.49. The van der Waals surface area contributed by atoms with Crippen molar-refractivity contribution in [1.29, 1.82) is 0 Å². The molecule has 9 atom stereocenters. The van der Waals surface area contributed by atoms with E-state index in [2.05, 4.69) is 79.9 Å². The molecule has 2 nitrogen and oxygen atoms in total. The number of rotatable bonds is 8. The van der Waals surface area contributed by atoms with Crippen LogP contribution in [0.3, 0.4) is 0 Å². The van der Waals surface area contributed by atoms with Crippen LogP contribution in [0.2, 0.25) is 84.7 Å². The second-order valence-corrected chi connectivity index (χ2v) is 65.5. The van der Waals surface area contributed by atoms with E-state index in [4.69, 9.17) is 0 Å². The van der Waals surface area contributed by atoms with Gasteiger partial charge in [-0.25, -0.2) is 0 Å². The molecule has 9 unspecified atom stereocenters. The summed E-state index contributed by atoms with van der Waals surface area (Å²) < 4.78 is 3.65. The summed E-state index contributed by atoms with van der Waals surface area (Å²) in [6.07, 6.45) is 18.8. The first kappa shape index (κ1) is 29.9. The Morgan fingerprint density at radius 3 is 1.57 bits per heavy atom. The van der Waals surface area contributed by atoms with Gasteiger partial charge in [-0.05, 0) is 0 Å². The van der Waals surface area contributed by atoms with Gasteiger partial charge in [0, 0.05) is 0 Å². The van der Waals surface area contributed by atoms with Crippen LogP contribution in [0.4, 0.5) is 0 Å². The van der Waals surface area contributed by atoms with Gasteiger partial charge in [-0.15, -0.1) is 0 Å². The summed E-state index contributed by atoms with van der Waals surface area (Å²) in [6, 6.07) is 1.52. The molecule has 16 fully saturated rings. The van der Waals surface area contributed by atoms with E-state index in [0.717, 1.165) is 57.9 Å². The number of nitrogens with one attached hydrogen (secondary N) is 2. The van der Waals surface area contributed by atoms with E-state index in [-0.39, 0.29) is 7.92 Å². The fraction of sp³-hybridized carbons (Fsp3) is 1.00. The molecule has 49 heavy (non-hydrogen) atoms. The Hall–Kier alpha value is 1.73. The summed E-state index contributed by atoms with van der Waals surface area (Å²) in [5.41, 5.74) is 1.13. The number of hydrogen-bond donors (Lipinski definition) is 2. The Bertz CT molecular complexity index is 2000. The number of hydrogen-bond acceptors (Lipinski definition) is 2. The van der Waals surface area contributed by atoms with Crippen molar-refractivity contribution >= 4 is 33.3 Å². The van der Waals surface area contributed by atoms with E-state index < -0.39 is 22.7 Å². The normalized spacial score (nSPS) is 74.9. The SMILES string of the molecule is CC(C)(C)P(C[C]12[C]3(C(P)(C4CCCCN4)C4CCCCN4)[CH]4[C]5([Si](C)(C)C)[C]1([Si](C)(C)C)[Fe]42351678[CH]2[CH]1[CH]6[CH]7[CH]28)C1C2CC3CC(C2)CC1C3. The topological polar surface area (TPSA) is 24.1 Å². The van der Waals surface area contributed by atoms with Gasteiger partial charge in [-0.2, -0.15) is 0 Å². The van der Waals surface area contributed by atoms with E-state index in [9.17, 15) is 0 Å². The first-order valence-corrected chi connectivity index (χ1v) is 37.3.